The van der Waals surface area contributed by atoms with Crippen LogP contribution < -0.4 is 0 Å². The maximum Gasteiger partial charge on any atom is 0.149 e. The van der Waals surface area contributed by atoms with Crippen molar-refractivity contribution in [3.05, 3.63) is 33.5 Å². The van der Waals surface area contributed by atoms with E-state index in [-0.39, 0.29) is 11.6 Å². The van der Waals surface area contributed by atoms with Crippen LogP contribution in [0, 0.1) is 25.5 Å². The molecule has 2 heterocycles. The second kappa shape index (κ2) is 3.25. The molecule has 3 aromatic rings. The molecule has 1 aromatic carbocycles. The van der Waals surface area contributed by atoms with Crippen LogP contribution in [0.2, 0.25) is 0 Å². The second-order valence-corrected chi connectivity index (χ2v) is 6.34. The molecule has 0 saturated heterocycles. The highest BCUT2D eigenvalue weighted by atomic mass is 32.1. The van der Waals surface area contributed by atoms with Crippen molar-refractivity contribution in [2.24, 2.45) is 0 Å². The first-order valence-electron chi connectivity index (χ1n) is 4.85. The molecule has 0 spiro atoms. The first-order chi connectivity index (χ1) is 7.58. The first kappa shape index (κ1) is 10.2. The normalized spacial score (nSPS) is 11.8. The smallest absolute Gasteiger partial charge is 0.149 e. The van der Waals surface area contributed by atoms with Crippen LogP contribution >= 0.6 is 22.7 Å². The molecule has 0 fully saturated rings. The number of fused-ring (bicyclic) bond motifs is 2. The van der Waals surface area contributed by atoms with Crippen LogP contribution in [0.5, 0.6) is 0 Å². The van der Waals surface area contributed by atoms with E-state index in [4.69, 9.17) is 0 Å². The number of aryl methyl sites for hydroxylation is 2. The van der Waals surface area contributed by atoms with Crippen molar-refractivity contribution < 1.29 is 8.78 Å². The highest BCUT2D eigenvalue weighted by Gasteiger charge is 2.17. The fourth-order valence-electron chi connectivity index (χ4n) is 1.93. The van der Waals surface area contributed by atoms with Gasteiger partial charge in [-0.1, -0.05) is 0 Å². The predicted molar refractivity (Wildman–Crippen MR) is 66.6 cm³/mol. The van der Waals surface area contributed by atoms with Crippen molar-refractivity contribution in [1.82, 2.24) is 0 Å². The largest absolute Gasteiger partial charge is 0.205 e. The first-order valence-corrected chi connectivity index (χ1v) is 6.48. The molecule has 4 heteroatoms. The van der Waals surface area contributed by atoms with Crippen LogP contribution in [0.3, 0.4) is 0 Å². The number of halogens is 2. The van der Waals surface area contributed by atoms with Gasteiger partial charge in [0.2, 0.25) is 0 Å². The van der Waals surface area contributed by atoms with E-state index in [2.05, 4.69) is 0 Å². The van der Waals surface area contributed by atoms with Gasteiger partial charge in [0.1, 0.15) is 11.6 Å². The standard InChI is InChI=1S/C12H8F2S2/c1-5-3-7-9(13)12-8(4-6(2)16-12)10(14)11(7)15-5/h3-4H,1-2H3. The minimum absolute atomic E-state index is 0.283. The lowest BCUT2D eigenvalue weighted by Crippen LogP contribution is -1.81. The molecular weight excluding hydrogens is 246 g/mol. The van der Waals surface area contributed by atoms with Crippen molar-refractivity contribution in [1.29, 1.82) is 0 Å². The topological polar surface area (TPSA) is 0 Å². The molecule has 0 bridgehead atoms. The molecule has 16 heavy (non-hydrogen) atoms. The van der Waals surface area contributed by atoms with Crippen LogP contribution in [0.25, 0.3) is 20.2 Å². The number of hydrogen-bond donors (Lipinski definition) is 0. The van der Waals surface area contributed by atoms with E-state index in [1.807, 2.05) is 13.8 Å². The molecule has 3 rings (SSSR count). The van der Waals surface area contributed by atoms with Gasteiger partial charge in [-0.05, 0) is 26.0 Å². The van der Waals surface area contributed by atoms with Crippen LogP contribution in [0.15, 0.2) is 12.1 Å². The van der Waals surface area contributed by atoms with E-state index in [9.17, 15) is 8.78 Å². The molecular formula is C12H8F2S2. The fourth-order valence-corrected chi connectivity index (χ4v) is 3.84. The van der Waals surface area contributed by atoms with Crippen LogP contribution in [-0.4, -0.2) is 0 Å². The van der Waals surface area contributed by atoms with Crippen molar-refractivity contribution in [2.45, 2.75) is 13.8 Å². The van der Waals surface area contributed by atoms with Gasteiger partial charge in [0.25, 0.3) is 0 Å². The van der Waals surface area contributed by atoms with E-state index in [1.54, 1.807) is 12.1 Å². The minimum atomic E-state index is -0.283. The van der Waals surface area contributed by atoms with Gasteiger partial charge in [-0.2, -0.15) is 0 Å². The quantitative estimate of drug-likeness (QED) is 0.529. The van der Waals surface area contributed by atoms with Gasteiger partial charge in [-0.3, -0.25) is 0 Å². The Labute approximate surface area is 99.1 Å². The summed E-state index contributed by atoms with van der Waals surface area (Å²) in [7, 11) is 0. The third kappa shape index (κ3) is 1.23. The van der Waals surface area contributed by atoms with Gasteiger partial charge in [-0.15, -0.1) is 22.7 Å². The monoisotopic (exact) mass is 254 g/mol. The molecule has 0 nitrogen and oxygen atoms in total. The number of hydrogen-bond acceptors (Lipinski definition) is 2. The Bertz CT molecular complexity index is 592. The second-order valence-electron chi connectivity index (χ2n) is 3.83. The molecule has 82 valence electrons. The number of rotatable bonds is 0. The number of thiophene rings is 2. The third-order valence-corrected chi connectivity index (χ3v) is 4.67. The fraction of sp³-hybridized carbons (Fsp3) is 0.167. The van der Waals surface area contributed by atoms with E-state index < -0.39 is 0 Å². The predicted octanol–water partition coefficient (Wildman–Crippen LogP) is 5.01. The van der Waals surface area contributed by atoms with Crippen LogP contribution in [0.1, 0.15) is 9.75 Å². The Balaban J connectivity index is 2.63. The van der Waals surface area contributed by atoms with Crippen molar-refractivity contribution in [3.8, 4) is 0 Å². The third-order valence-electron chi connectivity index (χ3n) is 2.58. The molecule has 2 aromatic heterocycles. The van der Waals surface area contributed by atoms with E-state index in [1.165, 1.54) is 22.7 Å². The van der Waals surface area contributed by atoms with E-state index in [0.717, 1.165) is 9.75 Å². The summed E-state index contributed by atoms with van der Waals surface area (Å²) in [4.78, 5) is 1.87. The Hall–Kier alpha value is -1.00. The molecule has 0 aliphatic rings. The molecule has 0 atom stereocenters. The van der Waals surface area contributed by atoms with Crippen LogP contribution in [0.4, 0.5) is 8.78 Å². The maximum absolute atomic E-state index is 14.1. The van der Waals surface area contributed by atoms with E-state index in [0.29, 0.717) is 20.2 Å². The summed E-state index contributed by atoms with van der Waals surface area (Å²) in [6, 6.07) is 3.43. The lowest BCUT2D eigenvalue weighted by molar-refractivity contribution is 0.638. The Kier molecular flexibility index (Phi) is 2.06. The zero-order chi connectivity index (χ0) is 11.4. The lowest BCUT2D eigenvalue weighted by atomic mass is 10.2. The highest BCUT2D eigenvalue weighted by molar-refractivity contribution is 7.20. The average Bonchev–Trinajstić information content (AvgIpc) is 2.78. The van der Waals surface area contributed by atoms with Gasteiger partial charge in [0.15, 0.2) is 0 Å². The van der Waals surface area contributed by atoms with Gasteiger partial charge >= 0.3 is 0 Å². The summed E-state index contributed by atoms with van der Waals surface area (Å²) in [5.74, 6) is -0.567. The van der Waals surface area contributed by atoms with Crippen molar-refractivity contribution >= 4 is 42.8 Å². The zero-order valence-corrected chi connectivity index (χ0v) is 10.4. The van der Waals surface area contributed by atoms with Crippen LogP contribution in [-0.2, 0) is 0 Å². The van der Waals surface area contributed by atoms with Crippen molar-refractivity contribution in [3.63, 3.8) is 0 Å². The molecule has 0 saturated carbocycles. The summed E-state index contributed by atoms with van der Waals surface area (Å²) >= 11 is 2.61. The molecule has 0 aliphatic heterocycles. The molecule has 0 radical (unpaired) electrons. The Morgan fingerprint density at radius 2 is 1.19 bits per heavy atom. The molecule has 0 unspecified atom stereocenters. The van der Waals surface area contributed by atoms with Gasteiger partial charge in [-0.25, -0.2) is 8.78 Å². The summed E-state index contributed by atoms with van der Waals surface area (Å²) in [6.07, 6.45) is 0. The number of benzene rings is 1. The minimum Gasteiger partial charge on any atom is -0.205 e. The summed E-state index contributed by atoms with van der Waals surface area (Å²) < 4.78 is 29.1. The van der Waals surface area contributed by atoms with E-state index >= 15 is 0 Å². The summed E-state index contributed by atoms with van der Waals surface area (Å²) in [5.41, 5.74) is 0. The average molecular weight is 254 g/mol. The van der Waals surface area contributed by atoms with Gasteiger partial charge in [0, 0.05) is 20.5 Å². The summed E-state index contributed by atoms with van der Waals surface area (Å²) in [5, 5.41) is 0.823. The van der Waals surface area contributed by atoms with Crippen molar-refractivity contribution in [2.75, 3.05) is 0 Å². The SMILES string of the molecule is Cc1cc2c(F)c3sc(C)cc3c(F)c2s1. The van der Waals surface area contributed by atoms with Gasteiger partial charge < -0.3 is 0 Å². The lowest BCUT2D eigenvalue weighted by Gasteiger charge is -1.97. The summed E-state index contributed by atoms with van der Waals surface area (Å²) in [6.45, 7) is 3.73. The molecule has 0 N–H and O–H groups in total. The molecule has 0 amide bonds. The Morgan fingerprint density at radius 3 is 1.56 bits per heavy atom. The molecule has 0 aliphatic carbocycles. The Morgan fingerprint density at radius 1 is 0.812 bits per heavy atom. The highest BCUT2D eigenvalue weighted by Crippen LogP contribution is 2.39. The zero-order valence-electron chi connectivity index (χ0n) is 8.73. The maximum atomic E-state index is 14.1. The van der Waals surface area contributed by atoms with Gasteiger partial charge in [0.05, 0.1) is 9.40 Å².